The first-order chi connectivity index (χ1) is 10.9. The van der Waals surface area contributed by atoms with E-state index in [1.807, 2.05) is 20.8 Å². The molecule has 1 amide bonds. The number of amides is 1. The van der Waals surface area contributed by atoms with Gasteiger partial charge in [0.15, 0.2) is 0 Å². The Kier molecular flexibility index (Phi) is 4.43. The van der Waals surface area contributed by atoms with E-state index in [0.29, 0.717) is 12.4 Å². The number of nitrogens with zero attached hydrogens (tertiary/aromatic N) is 1. The van der Waals surface area contributed by atoms with E-state index in [1.54, 1.807) is 6.20 Å². The van der Waals surface area contributed by atoms with Gasteiger partial charge in [0, 0.05) is 12.1 Å². The van der Waals surface area contributed by atoms with Crippen LogP contribution >= 0.6 is 0 Å². The molecule has 1 aromatic rings. The summed E-state index contributed by atoms with van der Waals surface area (Å²) in [6, 6.07) is 0. The third-order valence-corrected chi connectivity index (χ3v) is 4.48. The minimum atomic E-state index is -0.516. The third kappa shape index (κ3) is 4.13. The summed E-state index contributed by atoms with van der Waals surface area (Å²) in [7, 11) is 0. The minimum absolute atomic E-state index is 0.471. The lowest BCUT2D eigenvalue weighted by molar-refractivity contribution is 0.0635. The summed E-state index contributed by atoms with van der Waals surface area (Å²) in [4.78, 5) is 11.8. The first-order valence-electron chi connectivity index (χ1n) is 8.32. The lowest BCUT2D eigenvalue weighted by Gasteiger charge is -2.20. The van der Waals surface area contributed by atoms with Crippen LogP contribution in [0.5, 0.6) is 0 Å². The van der Waals surface area contributed by atoms with Crippen molar-refractivity contribution in [3.63, 3.8) is 0 Å². The number of fused-ring (bicyclic) bond motifs is 2. The summed E-state index contributed by atoms with van der Waals surface area (Å²) in [5.41, 5.74) is 0.423. The largest absolute Gasteiger partial charge is 0.444 e. The van der Waals surface area contributed by atoms with E-state index in [0.717, 1.165) is 29.9 Å². The van der Waals surface area contributed by atoms with Crippen molar-refractivity contribution in [2.45, 2.75) is 45.8 Å². The van der Waals surface area contributed by atoms with Crippen molar-refractivity contribution in [1.29, 1.82) is 0 Å². The fraction of sp³-hybridized carbons (Fsp3) is 0.647. The molecule has 3 N–H and O–H groups in total. The van der Waals surface area contributed by atoms with Gasteiger partial charge in [-0.1, -0.05) is 12.2 Å². The molecule has 23 heavy (non-hydrogen) atoms. The van der Waals surface area contributed by atoms with Crippen molar-refractivity contribution < 1.29 is 9.53 Å². The zero-order valence-corrected chi connectivity index (χ0v) is 14.1. The Morgan fingerprint density at radius 3 is 2.87 bits per heavy atom. The highest BCUT2D eigenvalue weighted by molar-refractivity contribution is 5.84. The third-order valence-electron chi connectivity index (χ3n) is 4.48. The maximum Gasteiger partial charge on any atom is 0.413 e. The van der Waals surface area contributed by atoms with Gasteiger partial charge in [0.2, 0.25) is 0 Å². The smallest absolute Gasteiger partial charge is 0.413 e. The number of ether oxygens (including phenoxy) is 1. The van der Waals surface area contributed by atoms with E-state index in [4.69, 9.17) is 4.74 Å². The van der Waals surface area contributed by atoms with E-state index in [2.05, 4.69) is 33.0 Å². The number of anilines is 1. The number of carbonyl (C=O) groups excluding carboxylic acids is 1. The summed E-state index contributed by atoms with van der Waals surface area (Å²) in [5, 5.41) is 13.0. The Balaban J connectivity index is 1.47. The van der Waals surface area contributed by atoms with Gasteiger partial charge in [-0.25, -0.2) is 4.79 Å². The molecule has 6 nitrogen and oxygen atoms in total. The molecule has 0 saturated heterocycles. The Morgan fingerprint density at radius 1 is 1.39 bits per heavy atom. The topological polar surface area (TPSA) is 79.0 Å². The number of hydrogen-bond donors (Lipinski definition) is 3. The first-order valence-corrected chi connectivity index (χ1v) is 8.32. The Hall–Kier alpha value is -1.82. The van der Waals surface area contributed by atoms with Crippen LogP contribution in [0, 0.1) is 17.8 Å². The molecular weight excluding hydrogens is 292 g/mol. The predicted octanol–water partition coefficient (Wildman–Crippen LogP) is 3.06. The maximum atomic E-state index is 11.8. The summed E-state index contributed by atoms with van der Waals surface area (Å²) < 4.78 is 5.26. The highest BCUT2D eigenvalue weighted by atomic mass is 16.6. The summed E-state index contributed by atoms with van der Waals surface area (Å²) in [5.74, 6) is 2.88. The summed E-state index contributed by atoms with van der Waals surface area (Å²) >= 11 is 0. The molecule has 2 bridgehead atoms. The van der Waals surface area contributed by atoms with Gasteiger partial charge in [-0.15, -0.1) is 0 Å². The van der Waals surface area contributed by atoms with Gasteiger partial charge in [0.05, 0.1) is 6.20 Å². The highest BCUT2D eigenvalue weighted by Gasteiger charge is 2.35. The van der Waals surface area contributed by atoms with Crippen LogP contribution < -0.4 is 10.6 Å². The van der Waals surface area contributed by atoms with Crippen LogP contribution in [-0.4, -0.2) is 28.4 Å². The molecular formula is C17H26N4O2. The van der Waals surface area contributed by atoms with E-state index in [-0.39, 0.29) is 0 Å². The molecule has 3 rings (SSSR count). The SMILES string of the molecule is CC(C)(C)OC(=O)Nc1[nH]ncc1CNCC1CC2C=CC1C2. The van der Waals surface area contributed by atoms with Gasteiger partial charge in [0.25, 0.3) is 0 Å². The second kappa shape index (κ2) is 6.35. The van der Waals surface area contributed by atoms with Crippen molar-refractivity contribution in [1.82, 2.24) is 15.5 Å². The van der Waals surface area contributed by atoms with Crippen LogP contribution in [0.4, 0.5) is 10.6 Å². The number of carbonyl (C=O) groups is 1. The predicted molar refractivity (Wildman–Crippen MR) is 89.0 cm³/mol. The van der Waals surface area contributed by atoms with E-state index in [9.17, 15) is 4.79 Å². The molecule has 0 aliphatic heterocycles. The van der Waals surface area contributed by atoms with Crippen LogP contribution in [0.3, 0.4) is 0 Å². The van der Waals surface area contributed by atoms with E-state index >= 15 is 0 Å². The Labute approximate surface area is 137 Å². The molecule has 1 fully saturated rings. The van der Waals surface area contributed by atoms with Crippen molar-refractivity contribution >= 4 is 11.9 Å². The second-order valence-corrected chi connectivity index (χ2v) is 7.57. The fourth-order valence-electron chi connectivity index (χ4n) is 3.48. The lowest BCUT2D eigenvalue weighted by atomic mass is 9.93. The number of H-pyrrole nitrogens is 1. The average Bonchev–Trinajstić information content (AvgIpc) is 3.14. The standard InChI is InChI=1S/C17H26N4O2/c1-17(2,3)23-16(22)20-15-14(10-19-21-15)9-18-8-13-7-11-4-5-12(13)6-11/h4-5,10-13,18H,6-9H2,1-3H3,(H2,19,20,21,22). The highest BCUT2D eigenvalue weighted by Crippen LogP contribution is 2.42. The number of allylic oxidation sites excluding steroid dienone is 2. The molecule has 0 aromatic carbocycles. The van der Waals surface area contributed by atoms with Gasteiger partial charge in [-0.05, 0) is 57.9 Å². The normalized spacial score (nSPS) is 25.8. The van der Waals surface area contributed by atoms with Gasteiger partial charge in [-0.3, -0.25) is 10.4 Å². The van der Waals surface area contributed by atoms with E-state index in [1.165, 1.54) is 12.8 Å². The quantitative estimate of drug-likeness (QED) is 0.729. The van der Waals surface area contributed by atoms with Gasteiger partial charge in [0.1, 0.15) is 11.4 Å². The van der Waals surface area contributed by atoms with Crippen molar-refractivity contribution in [3.8, 4) is 0 Å². The number of nitrogens with one attached hydrogen (secondary N) is 3. The van der Waals surface area contributed by atoms with Crippen molar-refractivity contribution in [3.05, 3.63) is 23.9 Å². The van der Waals surface area contributed by atoms with Gasteiger partial charge < -0.3 is 10.1 Å². The van der Waals surface area contributed by atoms with Crippen molar-refractivity contribution in [2.75, 3.05) is 11.9 Å². The molecule has 3 atom stereocenters. The van der Waals surface area contributed by atoms with Crippen molar-refractivity contribution in [2.24, 2.45) is 17.8 Å². The molecule has 2 aliphatic carbocycles. The molecule has 0 radical (unpaired) electrons. The number of hydrogen-bond acceptors (Lipinski definition) is 4. The number of aromatic nitrogens is 2. The number of aromatic amines is 1. The van der Waals surface area contributed by atoms with Gasteiger partial charge in [-0.2, -0.15) is 5.10 Å². The van der Waals surface area contributed by atoms with Crippen LogP contribution in [0.1, 0.15) is 39.2 Å². The summed E-state index contributed by atoms with van der Waals surface area (Å²) in [6.45, 7) is 7.20. The summed E-state index contributed by atoms with van der Waals surface area (Å²) in [6.07, 6.45) is 8.61. The average molecular weight is 318 g/mol. The molecule has 2 aliphatic rings. The lowest BCUT2D eigenvalue weighted by Crippen LogP contribution is -2.28. The molecule has 0 spiro atoms. The monoisotopic (exact) mass is 318 g/mol. The molecule has 6 heteroatoms. The first kappa shape index (κ1) is 16.1. The van der Waals surface area contributed by atoms with Crippen LogP contribution in [0.25, 0.3) is 0 Å². The van der Waals surface area contributed by atoms with Crippen LogP contribution in [0.2, 0.25) is 0 Å². The number of rotatable bonds is 5. The van der Waals surface area contributed by atoms with Crippen LogP contribution in [0.15, 0.2) is 18.3 Å². The van der Waals surface area contributed by atoms with E-state index < -0.39 is 11.7 Å². The molecule has 3 unspecified atom stereocenters. The maximum absolute atomic E-state index is 11.8. The fourth-order valence-corrected chi connectivity index (χ4v) is 3.48. The Bertz CT molecular complexity index is 588. The molecule has 1 aromatic heterocycles. The minimum Gasteiger partial charge on any atom is -0.444 e. The molecule has 126 valence electrons. The van der Waals surface area contributed by atoms with Gasteiger partial charge >= 0.3 is 6.09 Å². The molecule has 1 heterocycles. The second-order valence-electron chi connectivity index (χ2n) is 7.57. The zero-order valence-electron chi connectivity index (χ0n) is 14.1. The Morgan fingerprint density at radius 2 is 2.22 bits per heavy atom. The molecule has 1 saturated carbocycles. The zero-order chi connectivity index (χ0) is 16.4. The van der Waals surface area contributed by atoms with Crippen LogP contribution in [-0.2, 0) is 11.3 Å².